The Morgan fingerprint density at radius 3 is 2.39 bits per heavy atom. The number of hydrogen-bond donors (Lipinski definition) is 2. The number of nitrogens with zero attached hydrogens (tertiary/aromatic N) is 4. The molecule has 0 spiro atoms. The van der Waals surface area contributed by atoms with Crippen molar-refractivity contribution < 1.29 is 0 Å². The van der Waals surface area contributed by atoms with Crippen molar-refractivity contribution in [3.05, 3.63) is 88.5 Å². The molecule has 1 aliphatic rings. The van der Waals surface area contributed by atoms with E-state index in [9.17, 15) is 4.79 Å². The largest absolute Gasteiger partial charge is 0.381 e. The van der Waals surface area contributed by atoms with Gasteiger partial charge in [-0.2, -0.15) is 0 Å². The van der Waals surface area contributed by atoms with Crippen LogP contribution in [0.15, 0.2) is 71.8 Å². The van der Waals surface area contributed by atoms with Gasteiger partial charge in [-0.15, -0.1) is 0 Å². The van der Waals surface area contributed by atoms with Crippen molar-refractivity contribution >= 4 is 28.2 Å². The third kappa shape index (κ3) is 4.67. The highest BCUT2D eigenvalue weighted by Gasteiger charge is 2.18. The molecule has 5 rings (SSSR count). The molecular formula is C26H28N6O. The first-order valence-electron chi connectivity index (χ1n) is 11.5. The van der Waals surface area contributed by atoms with E-state index in [1.807, 2.05) is 18.2 Å². The molecule has 0 amide bonds. The summed E-state index contributed by atoms with van der Waals surface area (Å²) in [5, 5.41) is 4.46. The Bertz CT molecular complexity index is 1280. The van der Waals surface area contributed by atoms with Gasteiger partial charge in [-0.05, 0) is 65.9 Å². The second-order valence-corrected chi connectivity index (χ2v) is 8.32. The van der Waals surface area contributed by atoms with Gasteiger partial charge in [0.15, 0.2) is 0 Å². The van der Waals surface area contributed by atoms with Crippen molar-refractivity contribution in [2.24, 2.45) is 0 Å². The third-order valence-corrected chi connectivity index (χ3v) is 6.22. The summed E-state index contributed by atoms with van der Waals surface area (Å²) in [4.78, 5) is 28.8. The van der Waals surface area contributed by atoms with Gasteiger partial charge in [0.25, 0.3) is 5.56 Å². The van der Waals surface area contributed by atoms with E-state index in [1.54, 1.807) is 12.4 Å². The van der Waals surface area contributed by atoms with Gasteiger partial charge < -0.3 is 20.1 Å². The summed E-state index contributed by atoms with van der Waals surface area (Å²) in [5.41, 5.74) is 5.03. The van der Waals surface area contributed by atoms with E-state index < -0.39 is 0 Å². The zero-order chi connectivity index (χ0) is 22.6. The highest BCUT2D eigenvalue weighted by atomic mass is 16.1. The molecular weight excluding hydrogens is 412 g/mol. The molecule has 1 saturated heterocycles. The number of nitrogens with one attached hydrogen (secondary N) is 2. The number of aryl methyl sites for hydroxylation is 1. The predicted molar refractivity (Wildman–Crippen MR) is 134 cm³/mol. The van der Waals surface area contributed by atoms with Crippen LogP contribution in [-0.2, 0) is 13.0 Å². The molecule has 0 saturated carbocycles. The molecule has 0 unspecified atom stereocenters. The fourth-order valence-corrected chi connectivity index (χ4v) is 4.26. The molecule has 0 atom stereocenters. The zero-order valence-electron chi connectivity index (χ0n) is 18.8. The number of piperazine rings is 1. The lowest BCUT2D eigenvalue weighted by Gasteiger charge is -2.36. The number of pyridine rings is 1. The Hall–Kier alpha value is -3.87. The van der Waals surface area contributed by atoms with Crippen LogP contribution in [-0.4, -0.2) is 41.1 Å². The average Bonchev–Trinajstić information content (AvgIpc) is 2.88. The van der Waals surface area contributed by atoms with Crippen LogP contribution in [0.1, 0.15) is 18.1 Å². The Balaban J connectivity index is 1.21. The fourth-order valence-electron chi connectivity index (χ4n) is 4.26. The van der Waals surface area contributed by atoms with E-state index in [-0.39, 0.29) is 5.56 Å². The van der Waals surface area contributed by atoms with Crippen molar-refractivity contribution in [2.45, 2.75) is 19.9 Å². The third-order valence-electron chi connectivity index (χ3n) is 6.22. The van der Waals surface area contributed by atoms with Gasteiger partial charge in [0.1, 0.15) is 0 Å². The highest BCUT2D eigenvalue weighted by Crippen LogP contribution is 2.21. The maximum absolute atomic E-state index is 12.5. The molecule has 0 aliphatic carbocycles. The minimum atomic E-state index is -0.0452. The zero-order valence-corrected chi connectivity index (χ0v) is 18.8. The second kappa shape index (κ2) is 9.32. The first-order valence-corrected chi connectivity index (χ1v) is 11.5. The van der Waals surface area contributed by atoms with Gasteiger partial charge in [-0.25, -0.2) is 9.97 Å². The van der Waals surface area contributed by atoms with Crippen molar-refractivity contribution in [1.29, 1.82) is 0 Å². The number of anilines is 3. The van der Waals surface area contributed by atoms with E-state index in [0.717, 1.165) is 60.7 Å². The van der Waals surface area contributed by atoms with E-state index in [4.69, 9.17) is 0 Å². The van der Waals surface area contributed by atoms with Crippen LogP contribution in [0.5, 0.6) is 0 Å². The smallest absolute Gasteiger partial charge is 0.253 e. The number of fused-ring (bicyclic) bond motifs is 1. The van der Waals surface area contributed by atoms with Crippen LogP contribution < -0.4 is 20.7 Å². The number of aromatic nitrogens is 3. The summed E-state index contributed by atoms with van der Waals surface area (Å²) in [6.45, 7) is 6.27. The Morgan fingerprint density at radius 2 is 1.67 bits per heavy atom. The molecule has 2 N–H and O–H groups in total. The number of hydrogen-bond acceptors (Lipinski definition) is 6. The van der Waals surface area contributed by atoms with Gasteiger partial charge in [0.05, 0.1) is 0 Å². The van der Waals surface area contributed by atoms with E-state index >= 15 is 0 Å². The van der Waals surface area contributed by atoms with Crippen LogP contribution in [0.3, 0.4) is 0 Å². The average molecular weight is 441 g/mol. The molecule has 2 aromatic carbocycles. The van der Waals surface area contributed by atoms with Crippen LogP contribution in [0.2, 0.25) is 0 Å². The number of benzene rings is 2. The molecule has 168 valence electrons. The number of aromatic amines is 1. The lowest BCUT2D eigenvalue weighted by atomic mass is 10.1. The van der Waals surface area contributed by atoms with Crippen LogP contribution in [0.4, 0.5) is 17.3 Å². The maximum Gasteiger partial charge on any atom is 0.253 e. The summed E-state index contributed by atoms with van der Waals surface area (Å²) in [5.74, 6) is 0.797. The summed E-state index contributed by atoms with van der Waals surface area (Å²) in [6, 6.07) is 18.4. The summed E-state index contributed by atoms with van der Waals surface area (Å²) in [7, 11) is 0. The van der Waals surface area contributed by atoms with Crippen LogP contribution in [0.25, 0.3) is 10.9 Å². The van der Waals surface area contributed by atoms with Crippen LogP contribution >= 0.6 is 0 Å². The van der Waals surface area contributed by atoms with Crippen molar-refractivity contribution in [3.63, 3.8) is 0 Å². The van der Waals surface area contributed by atoms with Crippen molar-refractivity contribution in [2.75, 3.05) is 41.3 Å². The lowest BCUT2D eigenvalue weighted by molar-refractivity contribution is 0.640. The van der Waals surface area contributed by atoms with E-state index in [1.165, 1.54) is 11.3 Å². The van der Waals surface area contributed by atoms with Gasteiger partial charge in [-0.1, -0.05) is 13.0 Å². The number of rotatable bonds is 6. The van der Waals surface area contributed by atoms with Gasteiger partial charge in [-0.3, -0.25) is 4.79 Å². The molecule has 33 heavy (non-hydrogen) atoms. The van der Waals surface area contributed by atoms with Gasteiger partial charge >= 0.3 is 0 Å². The highest BCUT2D eigenvalue weighted by molar-refractivity contribution is 5.79. The summed E-state index contributed by atoms with van der Waals surface area (Å²) >= 11 is 0. The molecule has 7 heteroatoms. The quantitative estimate of drug-likeness (QED) is 0.475. The molecule has 2 aromatic heterocycles. The van der Waals surface area contributed by atoms with Crippen molar-refractivity contribution in [3.8, 4) is 0 Å². The minimum Gasteiger partial charge on any atom is -0.381 e. The molecule has 1 fully saturated rings. The standard InChI is InChI=1S/C26H28N6O/c1-2-19-4-9-24-20(16-19)17-21(25(33)30-24)18-29-22-5-7-23(8-6-22)31-12-14-32(15-13-31)26-27-10-3-11-28-26/h3-11,16-17,29H,2,12-15,18H2,1H3,(H,30,33). The van der Waals surface area contributed by atoms with Gasteiger partial charge in [0.2, 0.25) is 5.95 Å². The van der Waals surface area contributed by atoms with Crippen molar-refractivity contribution in [1.82, 2.24) is 15.0 Å². The molecule has 4 aromatic rings. The molecule has 0 bridgehead atoms. The summed E-state index contributed by atoms with van der Waals surface area (Å²) in [6.07, 6.45) is 4.55. The lowest BCUT2D eigenvalue weighted by Crippen LogP contribution is -2.47. The van der Waals surface area contributed by atoms with Gasteiger partial charge in [0, 0.05) is 67.6 Å². The normalized spacial score (nSPS) is 14.0. The molecule has 7 nitrogen and oxygen atoms in total. The molecule has 3 heterocycles. The van der Waals surface area contributed by atoms with Crippen LogP contribution in [0, 0.1) is 0 Å². The van der Waals surface area contributed by atoms with E-state index in [2.05, 4.69) is 73.4 Å². The minimum absolute atomic E-state index is 0.0452. The fraction of sp³-hybridized carbons (Fsp3) is 0.269. The Kier molecular flexibility index (Phi) is 5.93. The maximum atomic E-state index is 12.5. The second-order valence-electron chi connectivity index (χ2n) is 8.32. The number of H-pyrrole nitrogens is 1. The Morgan fingerprint density at radius 1 is 0.939 bits per heavy atom. The molecule has 1 aliphatic heterocycles. The first kappa shape index (κ1) is 21.0. The first-order chi connectivity index (χ1) is 16.2. The Labute approximate surface area is 193 Å². The predicted octanol–water partition coefficient (Wildman–Crippen LogP) is 3.82. The molecule has 0 radical (unpaired) electrons. The monoisotopic (exact) mass is 440 g/mol. The topological polar surface area (TPSA) is 77.2 Å². The SMILES string of the molecule is CCc1ccc2[nH]c(=O)c(CNc3ccc(N4CCN(c5ncccn5)CC4)cc3)cc2c1. The van der Waals surface area contributed by atoms with E-state index in [0.29, 0.717) is 6.54 Å². The summed E-state index contributed by atoms with van der Waals surface area (Å²) < 4.78 is 0.